The van der Waals surface area contributed by atoms with Gasteiger partial charge in [-0.3, -0.25) is 0 Å². The summed E-state index contributed by atoms with van der Waals surface area (Å²) in [6, 6.07) is 8.95. The maximum atomic E-state index is 11.6. The van der Waals surface area contributed by atoms with Crippen LogP contribution in [0.1, 0.15) is 32.3 Å². The van der Waals surface area contributed by atoms with E-state index in [9.17, 15) is 9.59 Å². The van der Waals surface area contributed by atoms with Crippen molar-refractivity contribution in [2.45, 2.75) is 39.3 Å². The van der Waals surface area contributed by atoms with Crippen molar-refractivity contribution in [3.8, 4) is 0 Å². The Balaban J connectivity index is 2.35. The van der Waals surface area contributed by atoms with Gasteiger partial charge >= 0.3 is 6.09 Å². The van der Waals surface area contributed by atoms with E-state index in [1.165, 1.54) is 0 Å². The molecule has 0 fully saturated rings. The Morgan fingerprint density at radius 1 is 1.37 bits per heavy atom. The Labute approximate surface area is 114 Å². The smallest absolute Gasteiger partial charge is 0.408 e. The van der Waals surface area contributed by atoms with E-state index in [4.69, 9.17) is 4.74 Å². The number of amides is 1. The number of nitrogens with one attached hydrogen (secondary N) is 1. The first-order valence-corrected chi connectivity index (χ1v) is 6.58. The van der Waals surface area contributed by atoms with Crippen LogP contribution < -0.4 is 5.32 Å². The molecule has 0 aliphatic carbocycles. The number of aldehydes is 1. The lowest BCUT2D eigenvalue weighted by atomic mass is 10.0. The molecular formula is C15H21NO3. The Morgan fingerprint density at radius 2 is 2.05 bits per heavy atom. The minimum atomic E-state index is -0.552. The number of rotatable bonds is 7. The number of carbonyl (C=O) groups excluding carboxylic acids is 2. The maximum absolute atomic E-state index is 11.6. The molecular weight excluding hydrogens is 242 g/mol. The van der Waals surface area contributed by atoms with E-state index < -0.39 is 12.1 Å². The molecule has 0 aliphatic rings. The summed E-state index contributed by atoms with van der Waals surface area (Å²) in [7, 11) is 0. The Morgan fingerprint density at radius 3 is 2.63 bits per heavy atom. The molecule has 4 nitrogen and oxygen atoms in total. The van der Waals surface area contributed by atoms with Gasteiger partial charge in [-0.1, -0.05) is 50.6 Å². The van der Waals surface area contributed by atoms with E-state index >= 15 is 0 Å². The van der Waals surface area contributed by atoms with Gasteiger partial charge in [-0.05, 0) is 17.9 Å². The standard InChI is InChI=1S/C15H21NO3/c1-3-12(2)9-14(10-17)16-15(18)19-11-13-7-5-4-6-8-13/h4-8,10,12,14H,3,9,11H2,1-2H3,(H,16,18). The molecule has 0 bridgehead atoms. The zero-order chi connectivity index (χ0) is 14.1. The van der Waals surface area contributed by atoms with E-state index in [1.54, 1.807) is 0 Å². The van der Waals surface area contributed by atoms with Crippen LogP contribution in [0, 0.1) is 5.92 Å². The summed E-state index contributed by atoms with van der Waals surface area (Å²) in [5.74, 6) is 0.393. The van der Waals surface area contributed by atoms with E-state index in [0.717, 1.165) is 18.3 Å². The van der Waals surface area contributed by atoms with Gasteiger partial charge in [-0.15, -0.1) is 0 Å². The topological polar surface area (TPSA) is 55.4 Å². The third-order valence-corrected chi connectivity index (χ3v) is 3.03. The second-order valence-corrected chi connectivity index (χ2v) is 4.70. The predicted octanol–water partition coefficient (Wildman–Crippen LogP) is 2.92. The van der Waals surface area contributed by atoms with E-state index in [2.05, 4.69) is 12.2 Å². The molecule has 0 saturated heterocycles. The molecule has 4 heteroatoms. The van der Waals surface area contributed by atoms with Crippen LogP contribution in [-0.2, 0) is 16.1 Å². The van der Waals surface area contributed by atoms with Crippen LogP contribution in [0.3, 0.4) is 0 Å². The van der Waals surface area contributed by atoms with Gasteiger partial charge in [0.05, 0.1) is 6.04 Å². The summed E-state index contributed by atoms with van der Waals surface area (Å²) in [5, 5.41) is 2.57. The average molecular weight is 263 g/mol. The quantitative estimate of drug-likeness (QED) is 0.769. The molecule has 2 atom stereocenters. The fourth-order valence-corrected chi connectivity index (χ4v) is 1.66. The molecule has 1 aromatic carbocycles. The Kier molecular flexibility index (Phi) is 6.64. The van der Waals surface area contributed by atoms with Gasteiger partial charge in [0.15, 0.2) is 0 Å². The lowest BCUT2D eigenvalue weighted by molar-refractivity contribution is -0.109. The molecule has 1 amide bonds. The monoisotopic (exact) mass is 263 g/mol. The molecule has 0 heterocycles. The third-order valence-electron chi connectivity index (χ3n) is 3.03. The van der Waals surface area contributed by atoms with E-state index in [0.29, 0.717) is 12.3 Å². The largest absolute Gasteiger partial charge is 0.445 e. The lowest BCUT2D eigenvalue weighted by Crippen LogP contribution is -2.37. The molecule has 19 heavy (non-hydrogen) atoms. The average Bonchev–Trinajstić information content (AvgIpc) is 2.45. The molecule has 1 N–H and O–H groups in total. The molecule has 104 valence electrons. The Bertz CT molecular complexity index is 392. The van der Waals surface area contributed by atoms with Crippen molar-refractivity contribution >= 4 is 12.4 Å². The van der Waals surface area contributed by atoms with Crippen molar-refractivity contribution in [1.29, 1.82) is 0 Å². The van der Waals surface area contributed by atoms with Crippen molar-refractivity contribution in [3.63, 3.8) is 0 Å². The second-order valence-electron chi connectivity index (χ2n) is 4.70. The maximum Gasteiger partial charge on any atom is 0.408 e. The lowest BCUT2D eigenvalue weighted by Gasteiger charge is -2.16. The van der Waals surface area contributed by atoms with Crippen LogP contribution in [0.5, 0.6) is 0 Å². The molecule has 2 unspecified atom stereocenters. The van der Waals surface area contributed by atoms with Crippen LogP contribution in [0.4, 0.5) is 4.79 Å². The fraction of sp³-hybridized carbons (Fsp3) is 0.467. The van der Waals surface area contributed by atoms with Gasteiger partial charge in [0.2, 0.25) is 0 Å². The highest BCUT2D eigenvalue weighted by Crippen LogP contribution is 2.09. The van der Waals surface area contributed by atoms with Gasteiger partial charge < -0.3 is 14.8 Å². The van der Waals surface area contributed by atoms with Crippen molar-refractivity contribution in [3.05, 3.63) is 35.9 Å². The molecule has 0 spiro atoms. The summed E-state index contributed by atoms with van der Waals surface area (Å²) in [6.07, 6.45) is 1.82. The summed E-state index contributed by atoms with van der Waals surface area (Å²) in [6.45, 7) is 4.31. The van der Waals surface area contributed by atoms with Crippen LogP contribution in [0.2, 0.25) is 0 Å². The van der Waals surface area contributed by atoms with Crippen molar-refractivity contribution in [2.75, 3.05) is 0 Å². The highest BCUT2D eigenvalue weighted by molar-refractivity contribution is 5.73. The highest BCUT2D eigenvalue weighted by Gasteiger charge is 2.14. The Hall–Kier alpha value is -1.84. The minimum absolute atomic E-state index is 0.210. The van der Waals surface area contributed by atoms with Crippen molar-refractivity contribution in [1.82, 2.24) is 5.32 Å². The fourth-order valence-electron chi connectivity index (χ4n) is 1.66. The SMILES string of the molecule is CCC(C)CC(C=O)NC(=O)OCc1ccccc1. The molecule has 0 aromatic heterocycles. The molecule has 1 aromatic rings. The minimum Gasteiger partial charge on any atom is -0.445 e. The number of hydrogen-bond acceptors (Lipinski definition) is 3. The molecule has 0 radical (unpaired) electrons. The second kappa shape index (κ2) is 8.29. The van der Waals surface area contributed by atoms with Crippen LogP contribution in [0.15, 0.2) is 30.3 Å². The van der Waals surface area contributed by atoms with Gasteiger partial charge in [0.1, 0.15) is 12.9 Å². The zero-order valence-electron chi connectivity index (χ0n) is 11.5. The third kappa shape index (κ3) is 6.04. The number of hydrogen-bond donors (Lipinski definition) is 1. The van der Waals surface area contributed by atoms with Crippen molar-refractivity contribution in [2.24, 2.45) is 5.92 Å². The zero-order valence-corrected chi connectivity index (χ0v) is 11.5. The summed E-state index contributed by atoms with van der Waals surface area (Å²) < 4.78 is 5.07. The molecule has 0 saturated carbocycles. The number of carbonyl (C=O) groups is 2. The first-order valence-electron chi connectivity index (χ1n) is 6.58. The first kappa shape index (κ1) is 15.2. The van der Waals surface area contributed by atoms with Gasteiger partial charge in [-0.2, -0.15) is 0 Å². The molecule has 1 rings (SSSR count). The normalized spacial score (nSPS) is 13.4. The summed E-state index contributed by atoms with van der Waals surface area (Å²) in [4.78, 5) is 22.5. The first-order chi connectivity index (χ1) is 9.15. The summed E-state index contributed by atoms with van der Waals surface area (Å²) in [5.41, 5.74) is 0.919. The van der Waals surface area contributed by atoms with Crippen LogP contribution >= 0.6 is 0 Å². The van der Waals surface area contributed by atoms with E-state index in [-0.39, 0.29) is 6.61 Å². The summed E-state index contributed by atoms with van der Waals surface area (Å²) >= 11 is 0. The van der Waals surface area contributed by atoms with Crippen LogP contribution in [0.25, 0.3) is 0 Å². The number of alkyl carbamates (subject to hydrolysis) is 1. The highest BCUT2D eigenvalue weighted by atomic mass is 16.5. The van der Waals surface area contributed by atoms with Gasteiger partial charge in [0.25, 0.3) is 0 Å². The number of benzene rings is 1. The van der Waals surface area contributed by atoms with Crippen molar-refractivity contribution < 1.29 is 14.3 Å². The predicted molar refractivity (Wildman–Crippen MR) is 73.7 cm³/mol. The van der Waals surface area contributed by atoms with E-state index in [1.807, 2.05) is 37.3 Å². The van der Waals surface area contributed by atoms with Gasteiger partial charge in [0, 0.05) is 0 Å². The van der Waals surface area contributed by atoms with Gasteiger partial charge in [-0.25, -0.2) is 4.79 Å². The molecule has 0 aliphatic heterocycles. The van der Waals surface area contributed by atoms with Crippen LogP contribution in [-0.4, -0.2) is 18.4 Å². The number of ether oxygens (including phenoxy) is 1.